The van der Waals surface area contributed by atoms with Crippen LogP contribution in [0.4, 0.5) is 5.69 Å². The van der Waals surface area contributed by atoms with Crippen LogP contribution in [0.1, 0.15) is 16.2 Å². The Bertz CT molecular complexity index is 659. The highest BCUT2D eigenvalue weighted by Gasteiger charge is 2.12. The summed E-state index contributed by atoms with van der Waals surface area (Å²) in [5, 5.41) is 9.03. The summed E-state index contributed by atoms with van der Waals surface area (Å²) in [4.78, 5) is 23.6. The molecule has 18 heavy (non-hydrogen) atoms. The SMILES string of the molecule is Cc1cc(C(=O)Nc2cn(C)cc(Br)c2=O)n[nH]1. The molecule has 0 radical (unpaired) electrons. The lowest BCUT2D eigenvalue weighted by molar-refractivity contribution is 0.102. The van der Waals surface area contributed by atoms with Crippen LogP contribution in [0.2, 0.25) is 0 Å². The molecule has 0 aliphatic rings. The Hall–Kier alpha value is -1.89. The largest absolute Gasteiger partial charge is 0.354 e. The summed E-state index contributed by atoms with van der Waals surface area (Å²) in [5.74, 6) is -0.422. The zero-order valence-electron chi connectivity index (χ0n) is 9.82. The number of carbonyl (C=O) groups is 1. The van der Waals surface area contributed by atoms with E-state index in [-0.39, 0.29) is 16.8 Å². The Morgan fingerprint density at radius 1 is 1.50 bits per heavy atom. The Labute approximate surface area is 111 Å². The number of halogens is 1. The van der Waals surface area contributed by atoms with E-state index in [0.29, 0.717) is 4.47 Å². The number of anilines is 1. The summed E-state index contributed by atoms with van der Waals surface area (Å²) in [5.41, 5.74) is 0.961. The number of aromatic amines is 1. The van der Waals surface area contributed by atoms with E-state index in [1.54, 1.807) is 37.0 Å². The van der Waals surface area contributed by atoms with Crippen molar-refractivity contribution in [2.75, 3.05) is 5.32 Å². The predicted molar refractivity (Wildman–Crippen MR) is 70.7 cm³/mol. The molecule has 7 heteroatoms. The van der Waals surface area contributed by atoms with Crippen LogP contribution in [0.5, 0.6) is 0 Å². The number of nitrogens with one attached hydrogen (secondary N) is 2. The average Bonchev–Trinajstić information content (AvgIpc) is 2.72. The monoisotopic (exact) mass is 310 g/mol. The molecule has 0 aliphatic heterocycles. The van der Waals surface area contributed by atoms with Gasteiger partial charge in [0.25, 0.3) is 5.91 Å². The van der Waals surface area contributed by atoms with Crippen LogP contribution in [0, 0.1) is 6.92 Å². The van der Waals surface area contributed by atoms with Crippen molar-refractivity contribution < 1.29 is 4.79 Å². The van der Waals surface area contributed by atoms with E-state index in [1.165, 1.54) is 0 Å². The molecular formula is C11H11BrN4O2. The number of hydrogen-bond acceptors (Lipinski definition) is 3. The fourth-order valence-electron chi connectivity index (χ4n) is 1.48. The molecule has 2 N–H and O–H groups in total. The number of pyridine rings is 1. The molecule has 0 saturated heterocycles. The molecule has 1 amide bonds. The maximum absolute atomic E-state index is 11.8. The van der Waals surface area contributed by atoms with Crippen molar-refractivity contribution in [2.45, 2.75) is 6.92 Å². The van der Waals surface area contributed by atoms with Crippen molar-refractivity contribution in [3.63, 3.8) is 0 Å². The smallest absolute Gasteiger partial charge is 0.276 e. The summed E-state index contributed by atoms with van der Waals surface area (Å²) in [6.45, 7) is 1.79. The van der Waals surface area contributed by atoms with E-state index in [9.17, 15) is 9.59 Å². The molecule has 0 fully saturated rings. The van der Waals surface area contributed by atoms with Gasteiger partial charge < -0.3 is 9.88 Å². The number of aromatic nitrogens is 3. The number of H-pyrrole nitrogens is 1. The first-order chi connectivity index (χ1) is 8.47. The Morgan fingerprint density at radius 2 is 2.22 bits per heavy atom. The molecule has 0 atom stereocenters. The minimum absolute atomic E-state index is 0.206. The number of rotatable bonds is 2. The van der Waals surface area contributed by atoms with Gasteiger partial charge in [-0.05, 0) is 28.9 Å². The lowest BCUT2D eigenvalue weighted by atomic mass is 10.3. The van der Waals surface area contributed by atoms with Gasteiger partial charge in [-0.2, -0.15) is 5.10 Å². The quantitative estimate of drug-likeness (QED) is 0.880. The molecule has 0 bridgehead atoms. The molecule has 0 saturated carbocycles. The third kappa shape index (κ3) is 2.51. The molecule has 2 rings (SSSR count). The van der Waals surface area contributed by atoms with Gasteiger partial charge in [-0.1, -0.05) is 0 Å². The van der Waals surface area contributed by atoms with Gasteiger partial charge in [0.2, 0.25) is 5.43 Å². The third-order valence-electron chi connectivity index (χ3n) is 2.30. The fourth-order valence-corrected chi connectivity index (χ4v) is 2.01. The van der Waals surface area contributed by atoms with E-state index in [2.05, 4.69) is 31.4 Å². The number of amides is 1. The molecular weight excluding hydrogens is 300 g/mol. The minimum Gasteiger partial charge on any atom is -0.354 e. The Morgan fingerprint density at radius 3 is 2.83 bits per heavy atom. The van der Waals surface area contributed by atoms with Gasteiger partial charge in [-0.3, -0.25) is 14.7 Å². The molecule has 2 aromatic rings. The van der Waals surface area contributed by atoms with Crippen molar-refractivity contribution in [1.82, 2.24) is 14.8 Å². The molecule has 0 unspecified atom stereocenters. The fraction of sp³-hybridized carbons (Fsp3) is 0.182. The summed E-state index contributed by atoms with van der Waals surface area (Å²) >= 11 is 3.14. The molecule has 6 nitrogen and oxygen atoms in total. The first kappa shape index (κ1) is 12.6. The van der Waals surface area contributed by atoms with Crippen LogP contribution in [0.25, 0.3) is 0 Å². The van der Waals surface area contributed by atoms with Crippen LogP contribution in [-0.4, -0.2) is 20.7 Å². The van der Waals surface area contributed by atoms with Gasteiger partial charge in [0.1, 0.15) is 5.69 Å². The normalized spacial score (nSPS) is 10.4. The van der Waals surface area contributed by atoms with Gasteiger partial charge in [0.15, 0.2) is 5.69 Å². The average molecular weight is 311 g/mol. The van der Waals surface area contributed by atoms with E-state index in [0.717, 1.165) is 5.69 Å². The van der Waals surface area contributed by atoms with Crippen LogP contribution in [-0.2, 0) is 7.05 Å². The van der Waals surface area contributed by atoms with Crippen molar-refractivity contribution in [3.05, 3.63) is 44.5 Å². The highest BCUT2D eigenvalue weighted by atomic mass is 79.9. The number of nitrogens with zero attached hydrogens (tertiary/aromatic N) is 2. The maximum atomic E-state index is 11.8. The van der Waals surface area contributed by atoms with E-state index in [4.69, 9.17) is 0 Å². The van der Waals surface area contributed by atoms with Crippen molar-refractivity contribution in [3.8, 4) is 0 Å². The summed E-state index contributed by atoms with van der Waals surface area (Å²) in [6.07, 6.45) is 3.17. The van der Waals surface area contributed by atoms with E-state index in [1.807, 2.05) is 0 Å². The lowest BCUT2D eigenvalue weighted by Crippen LogP contribution is -2.20. The zero-order chi connectivity index (χ0) is 13.3. The minimum atomic E-state index is -0.422. The first-order valence-corrected chi connectivity index (χ1v) is 5.96. The summed E-state index contributed by atoms with van der Waals surface area (Å²) in [6, 6.07) is 1.61. The Balaban J connectivity index is 2.30. The molecule has 0 aliphatic carbocycles. The molecule has 94 valence electrons. The number of carbonyl (C=O) groups excluding carboxylic acids is 1. The Kier molecular flexibility index (Phi) is 3.33. The highest BCUT2D eigenvalue weighted by Crippen LogP contribution is 2.09. The molecule has 0 aromatic carbocycles. The van der Waals surface area contributed by atoms with Crippen LogP contribution in [0.15, 0.2) is 27.7 Å². The van der Waals surface area contributed by atoms with E-state index >= 15 is 0 Å². The van der Waals surface area contributed by atoms with Crippen molar-refractivity contribution >= 4 is 27.5 Å². The van der Waals surface area contributed by atoms with Crippen LogP contribution < -0.4 is 10.7 Å². The van der Waals surface area contributed by atoms with Gasteiger partial charge in [-0.15, -0.1) is 0 Å². The van der Waals surface area contributed by atoms with Gasteiger partial charge in [0.05, 0.1) is 4.47 Å². The lowest BCUT2D eigenvalue weighted by Gasteiger charge is -2.05. The molecule has 0 spiro atoms. The predicted octanol–water partition coefficient (Wildman–Crippen LogP) is 1.43. The first-order valence-electron chi connectivity index (χ1n) is 5.16. The van der Waals surface area contributed by atoms with Crippen LogP contribution >= 0.6 is 15.9 Å². The number of aryl methyl sites for hydroxylation is 2. The van der Waals surface area contributed by atoms with Gasteiger partial charge in [-0.25, -0.2) is 0 Å². The van der Waals surface area contributed by atoms with Crippen molar-refractivity contribution in [1.29, 1.82) is 0 Å². The standard InChI is InChI=1S/C11H11BrN4O2/c1-6-3-8(15-14-6)11(18)13-9-5-16(2)4-7(12)10(9)17/h3-5H,1-2H3,(H,13,18)(H,14,15). The van der Waals surface area contributed by atoms with Crippen molar-refractivity contribution in [2.24, 2.45) is 7.05 Å². The van der Waals surface area contributed by atoms with E-state index < -0.39 is 5.91 Å². The second-order valence-corrected chi connectivity index (χ2v) is 4.76. The third-order valence-corrected chi connectivity index (χ3v) is 2.86. The summed E-state index contributed by atoms with van der Waals surface area (Å²) in [7, 11) is 1.76. The topological polar surface area (TPSA) is 79.8 Å². The highest BCUT2D eigenvalue weighted by molar-refractivity contribution is 9.10. The van der Waals surface area contributed by atoms with Gasteiger partial charge in [0, 0.05) is 25.1 Å². The number of hydrogen-bond donors (Lipinski definition) is 2. The second-order valence-electron chi connectivity index (χ2n) is 3.90. The zero-order valence-corrected chi connectivity index (χ0v) is 11.4. The summed E-state index contributed by atoms with van der Waals surface area (Å²) < 4.78 is 2.07. The van der Waals surface area contributed by atoms with Crippen LogP contribution in [0.3, 0.4) is 0 Å². The maximum Gasteiger partial charge on any atom is 0.276 e. The second kappa shape index (κ2) is 4.77. The van der Waals surface area contributed by atoms with Gasteiger partial charge >= 0.3 is 0 Å². The molecule has 2 heterocycles. The molecule has 2 aromatic heterocycles.